The maximum atomic E-state index is 13.5. The van der Waals surface area contributed by atoms with E-state index < -0.39 is 5.92 Å². The maximum absolute atomic E-state index is 13.5. The Morgan fingerprint density at radius 3 is 2.48 bits per heavy atom. The van der Waals surface area contributed by atoms with Gasteiger partial charge in [0.1, 0.15) is 5.52 Å². The topological polar surface area (TPSA) is 37.4 Å². The van der Waals surface area contributed by atoms with E-state index in [1.807, 2.05) is 29.2 Å². The smallest absolute Gasteiger partial charge is 0.251 e. The summed E-state index contributed by atoms with van der Waals surface area (Å²) in [5, 5.41) is 0. The molecule has 2 aliphatic rings. The molecule has 0 aliphatic carbocycles. The second kappa shape index (κ2) is 8.60. The molecule has 1 aromatic carbocycles. The summed E-state index contributed by atoms with van der Waals surface area (Å²) in [7, 11) is 2.19. The van der Waals surface area contributed by atoms with Gasteiger partial charge in [-0.25, -0.2) is 13.8 Å². The molecule has 4 heterocycles. The SMILES string of the molecule is Cc1cc(C=Cc2nc3cc(N4CCC(F)(F)CC4)ccc3o2)c(C)n1C1CCN(C)CC1. The van der Waals surface area contributed by atoms with Crippen molar-refractivity contribution in [2.24, 2.45) is 0 Å². The Hall–Kier alpha value is -2.67. The van der Waals surface area contributed by atoms with Crippen LogP contribution in [0.4, 0.5) is 14.5 Å². The lowest BCUT2D eigenvalue weighted by Crippen LogP contribution is -2.39. The molecule has 0 saturated carbocycles. The van der Waals surface area contributed by atoms with Crippen LogP contribution in [0.15, 0.2) is 28.7 Å². The van der Waals surface area contributed by atoms with Crippen LogP contribution in [0.3, 0.4) is 0 Å². The molecule has 33 heavy (non-hydrogen) atoms. The lowest BCUT2D eigenvalue weighted by Gasteiger charge is -2.33. The number of halogens is 2. The highest BCUT2D eigenvalue weighted by Gasteiger charge is 2.34. The Balaban J connectivity index is 1.33. The first-order valence-corrected chi connectivity index (χ1v) is 11.9. The summed E-state index contributed by atoms with van der Waals surface area (Å²) in [6, 6.07) is 8.54. The average molecular weight is 455 g/mol. The number of anilines is 1. The van der Waals surface area contributed by atoms with Gasteiger partial charge in [-0.2, -0.15) is 0 Å². The Morgan fingerprint density at radius 2 is 1.76 bits per heavy atom. The molecule has 2 saturated heterocycles. The highest BCUT2D eigenvalue weighted by atomic mass is 19.3. The number of likely N-dealkylation sites (tertiary alicyclic amines) is 1. The summed E-state index contributed by atoms with van der Waals surface area (Å²) >= 11 is 0. The van der Waals surface area contributed by atoms with Gasteiger partial charge in [-0.3, -0.25) is 0 Å². The molecule has 0 bridgehead atoms. The van der Waals surface area contributed by atoms with Crippen LogP contribution in [0.5, 0.6) is 0 Å². The van der Waals surface area contributed by atoms with E-state index in [0.29, 0.717) is 30.6 Å². The highest BCUT2D eigenvalue weighted by Crippen LogP contribution is 2.32. The van der Waals surface area contributed by atoms with Crippen LogP contribution in [0.25, 0.3) is 23.3 Å². The number of hydrogen-bond donors (Lipinski definition) is 0. The molecule has 5 rings (SSSR count). The van der Waals surface area contributed by atoms with E-state index in [0.717, 1.165) is 24.3 Å². The first-order valence-electron chi connectivity index (χ1n) is 11.9. The number of aryl methyl sites for hydroxylation is 1. The number of piperidine rings is 2. The van der Waals surface area contributed by atoms with Crippen molar-refractivity contribution >= 4 is 28.9 Å². The van der Waals surface area contributed by atoms with E-state index in [2.05, 4.69) is 47.5 Å². The highest BCUT2D eigenvalue weighted by molar-refractivity contribution is 5.80. The van der Waals surface area contributed by atoms with Gasteiger partial charge < -0.3 is 18.8 Å². The van der Waals surface area contributed by atoms with Crippen LogP contribution < -0.4 is 4.90 Å². The summed E-state index contributed by atoms with van der Waals surface area (Å²) in [6.07, 6.45) is 6.14. The number of rotatable bonds is 4. The Kier molecular flexibility index (Phi) is 5.77. The predicted octanol–water partition coefficient (Wildman–Crippen LogP) is 5.92. The molecule has 2 aromatic heterocycles. The lowest BCUT2D eigenvalue weighted by atomic mass is 10.0. The molecule has 7 heteroatoms. The maximum Gasteiger partial charge on any atom is 0.251 e. The van der Waals surface area contributed by atoms with Gasteiger partial charge in [-0.05, 0) is 82.7 Å². The van der Waals surface area contributed by atoms with Gasteiger partial charge in [0.2, 0.25) is 5.89 Å². The largest absolute Gasteiger partial charge is 0.437 e. The van der Waals surface area contributed by atoms with Crippen molar-refractivity contribution in [2.45, 2.75) is 51.5 Å². The monoisotopic (exact) mass is 454 g/mol. The third kappa shape index (κ3) is 4.56. The summed E-state index contributed by atoms with van der Waals surface area (Å²) in [5.74, 6) is -1.99. The lowest BCUT2D eigenvalue weighted by molar-refractivity contribution is -0.0220. The molecule has 3 aromatic rings. The zero-order chi connectivity index (χ0) is 23.2. The number of nitrogens with zero attached hydrogens (tertiary/aromatic N) is 4. The molecular weight excluding hydrogens is 422 g/mol. The zero-order valence-electron chi connectivity index (χ0n) is 19.7. The second-order valence-electron chi connectivity index (χ2n) is 9.61. The van der Waals surface area contributed by atoms with E-state index in [9.17, 15) is 8.78 Å². The molecule has 0 amide bonds. The Morgan fingerprint density at radius 1 is 1.03 bits per heavy atom. The van der Waals surface area contributed by atoms with Gasteiger partial charge in [0.05, 0.1) is 0 Å². The van der Waals surface area contributed by atoms with Gasteiger partial charge in [-0.1, -0.05) is 0 Å². The molecule has 176 valence electrons. The van der Waals surface area contributed by atoms with Gasteiger partial charge in [-0.15, -0.1) is 0 Å². The molecule has 0 spiro atoms. The van der Waals surface area contributed by atoms with E-state index >= 15 is 0 Å². The summed E-state index contributed by atoms with van der Waals surface area (Å²) in [6.45, 7) is 7.35. The number of alkyl halides is 2. The summed E-state index contributed by atoms with van der Waals surface area (Å²) in [5.41, 5.74) is 6.13. The van der Waals surface area contributed by atoms with Crippen molar-refractivity contribution in [1.29, 1.82) is 0 Å². The third-order valence-electron chi connectivity index (χ3n) is 7.23. The summed E-state index contributed by atoms with van der Waals surface area (Å²) in [4.78, 5) is 9.02. The van der Waals surface area contributed by atoms with Gasteiger partial charge in [0.25, 0.3) is 5.92 Å². The molecule has 0 radical (unpaired) electrons. The van der Waals surface area contributed by atoms with Crippen LogP contribution in [-0.2, 0) is 0 Å². The number of hydrogen-bond acceptors (Lipinski definition) is 4. The van der Waals surface area contributed by atoms with Crippen molar-refractivity contribution in [3.63, 3.8) is 0 Å². The van der Waals surface area contributed by atoms with Gasteiger partial charge in [0, 0.05) is 55.1 Å². The number of aromatic nitrogens is 2. The molecule has 0 unspecified atom stereocenters. The molecule has 2 aliphatic heterocycles. The summed E-state index contributed by atoms with van der Waals surface area (Å²) < 4.78 is 35.4. The molecular formula is C26H32F2N4O. The Bertz CT molecular complexity index is 1160. The van der Waals surface area contributed by atoms with Crippen LogP contribution in [-0.4, -0.2) is 53.6 Å². The van der Waals surface area contributed by atoms with Crippen molar-refractivity contribution in [3.05, 3.63) is 47.1 Å². The predicted molar refractivity (Wildman–Crippen MR) is 129 cm³/mol. The standard InChI is InChI=1S/C26H32F2N4O/c1-18-16-20(19(2)32(18)21-8-12-30(3)13-9-21)4-7-25-29-23-17-22(5-6-24(23)33-25)31-14-10-26(27,28)11-15-31/h4-7,16-17,21H,8-15H2,1-3H3. The van der Waals surface area contributed by atoms with Crippen molar-refractivity contribution < 1.29 is 13.2 Å². The normalized spacial score (nSPS) is 20.3. The first kappa shape index (κ1) is 22.1. The van der Waals surface area contributed by atoms with E-state index in [4.69, 9.17) is 4.42 Å². The number of oxazole rings is 1. The second-order valence-corrected chi connectivity index (χ2v) is 9.61. The van der Waals surface area contributed by atoms with Crippen molar-refractivity contribution in [2.75, 3.05) is 38.1 Å². The number of fused-ring (bicyclic) bond motifs is 1. The molecule has 0 N–H and O–H groups in total. The average Bonchev–Trinajstić information content (AvgIpc) is 3.32. The molecule has 2 fully saturated rings. The minimum atomic E-state index is -2.55. The minimum absolute atomic E-state index is 0.103. The van der Waals surface area contributed by atoms with Crippen LogP contribution in [0.1, 0.15) is 54.6 Å². The van der Waals surface area contributed by atoms with Crippen molar-refractivity contribution in [3.8, 4) is 0 Å². The van der Waals surface area contributed by atoms with E-state index in [-0.39, 0.29) is 12.8 Å². The van der Waals surface area contributed by atoms with E-state index in [1.165, 1.54) is 29.8 Å². The third-order valence-corrected chi connectivity index (χ3v) is 7.23. The Labute approximate surface area is 193 Å². The quantitative estimate of drug-likeness (QED) is 0.491. The van der Waals surface area contributed by atoms with Crippen LogP contribution in [0, 0.1) is 13.8 Å². The van der Waals surface area contributed by atoms with Crippen LogP contribution in [0.2, 0.25) is 0 Å². The first-order chi connectivity index (χ1) is 15.8. The minimum Gasteiger partial charge on any atom is -0.437 e. The molecule has 5 nitrogen and oxygen atoms in total. The van der Waals surface area contributed by atoms with Gasteiger partial charge >= 0.3 is 0 Å². The van der Waals surface area contributed by atoms with Crippen molar-refractivity contribution in [1.82, 2.24) is 14.5 Å². The number of benzene rings is 1. The molecule has 0 atom stereocenters. The van der Waals surface area contributed by atoms with E-state index in [1.54, 1.807) is 0 Å². The fraction of sp³-hybridized carbons (Fsp3) is 0.500. The zero-order valence-corrected chi connectivity index (χ0v) is 19.7. The fourth-order valence-electron chi connectivity index (χ4n) is 5.24. The van der Waals surface area contributed by atoms with Gasteiger partial charge in [0.15, 0.2) is 5.58 Å². The van der Waals surface area contributed by atoms with Crippen LogP contribution >= 0.6 is 0 Å². The fourth-order valence-corrected chi connectivity index (χ4v) is 5.24.